The van der Waals surface area contributed by atoms with Gasteiger partial charge in [0.05, 0.1) is 6.04 Å². The van der Waals surface area contributed by atoms with Crippen molar-refractivity contribution in [2.75, 3.05) is 12.3 Å². The molecule has 0 fully saturated rings. The minimum Gasteiger partial charge on any atom is -0.310 e. The van der Waals surface area contributed by atoms with Crippen molar-refractivity contribution in [3.8, 4) is 0 Å². The predicted molar refractivity (Wildman–Crippen MR) is 72.6 cm³/mol. The van der Waals surface area contributed by atoms with Gasteiger partial charge in [0.2, 0.25) is 5.13 Å². The Morgan fingerprint density at radius 3 is 3.06 bits per heavy atom. The first-order valence-electron chi connectivity index (χ1n) is 5.93. The summed E-state index contributed by atoms with van der Waals surface area (Å²) in [6, 6.07) is 5.30. The van der Waals surface area contributed by atoms with E-state index in [-0.39, 0.29) is 0 Å². The highest BCUT2D eigenvalue weighted by molar-refractivity contribution is 7.99. The second-order valence-corrected chi connectivity index (χ2v) is 6.01. The molecule has 2 rings (SSSR count). The van der Waals surface area contributed by atoms with E-state index in [2.05, 4.69) is 5.32 Å². The number of hydrogen-bond donors (Lipinski definition) is 1. The van der Waals surface area contributed by atoms with Crippen LogP contribution in [0.25, 0.3) is 0 Å². The van der Waals surface area contributed by atoms with Crippen molar-refractivity contribution in [3.05, 3.63) is 29.3 Å². The maximum atomic E-state index is 14.6. The zero-order valence-electron chi connectivity index (χ0n) is 10.1. The van der Waals surface area contributed by atoms with Crippen LogP contribution in [0.2, 0.25) is 0 Å². The molecule has 1 N–H and O–H groups in total. The van der Waals surface area contributed by atoms with Crippen molar-refractivity contribution >= 4 is 23.4 Å². The number of rotatable bonds is 4. The average molecular weight is 274 g/mol. The molecule has 0 aromatic heterocycles. The molecular weight excluding hydrogens is 257 g/mol. The number of thioether (sulfide) groups is 1. The molecule has 0 radical (unpaired) electrons. The van der Waals surface area contributed by atoms with Crippen molar-refractivity contribution in [2.45, 2.75) is 36.3 Å². The largest absolute Gasteiger partial charge is 0.310 e. The smallest absolute Gasteiger partial charge is 0.223 e. The molecule has 1 nitrogen and oxygen atoms in total. The molecule has 94 valence electrons. The number of alkyl halides is 2. The Morgan fingerprint density at radius 2 is 2.35 bits per heavy atom. The number of likely N-dealkylation sites (N-methyl/N-ethyl adjacent to an activating group) is 1. The Morgan fingerprint density at radius 1 is 1.59 bits per heavy atom. The van der Waals surface area contributed by atoms with Crippen LogP contribution in [-0.2, 0) is 11.5 Å². The molecule has 2 atom stereocenters. The van der Waals surface area contributed by atoms with Crippen LogP contribution in [0.1, 0.15) is 25.0 Å². The molecule has 2 unspecified atom stereocenters. The zero-order valence-corrected chi connectivity index (χ0v) is 11.7. The van der Waals surface area contributed by atoms with E-state index in [4.69, 9.17) is 11.6 Å². The van der Waals surface area contributed by atoms with Crippen LogP contribution >= 0.6 is 23.4 Å². The summed E-state index contributed by atoms with van der Waals surface area (Å²) < 4.78 is 14.6. The molecular formula is C13H17ClFNS. The standard InChI is InChI=1S/C13H17ClFNS/c1-3-16-9(2)13(14,15)11-4-5-12-10(8-11)6-7-17-12/h4-5,8-9,16H,3,6-7H2,1-2H3. The summed E-state index contributed by atoms with van der Waals surface area (Å²) in [5, 5.41) is 1.20. The van der Waals surface area contributed by atoms with Gasteiger partial charge >= 0.3 is 0 Å². The van der Waals surface area contributed by atoms with Crippen LogP contribution in [-0.4, -0.2) is 18.3 Å². The third-order valence-corrected chi connectivity index (χ3v) is 4.79. The molecule has 1 aliphatic heterocycles. The van der Waals surface area contributed by atoms with Gasteiger partial charge in [-0.3, -0.25) is 0 Å². The van der Waals surface area contributed by atoms with E-state index in [9.17, 15) is 4.39 Å². The lowest BCUT2D eigenvalue weighted by atomic mass is 10.0. The van der Waals surface area contributed by atoms with Crippen molar-refractivity contribution in [1.29, 1.82) is 0 Å². The number of aryl methyl sites for hydroxylation is 1. The summed E-state index contributed by atoms with van der Waals surface area (Å²) in [6.45, 7) is 4.43. The molecule has 1 aromatic carbocycles. The molecule has 1 heterocycles. The molecule has 1 aromatic rings. The Bertz CT molecular complexity index is 408. The molecule has 0 amide bonds. The van der Waals surface area contributed by atoms with Crippen LogP contribution in [0, 0.1) is 0 Å². The average Bonchev–Trinajstić information content (AvgIpc) is 2.76. The Labute approximate surface area is 111 Å². The van der Waals surface area contributed by atoms with Gasteiger partial charge in [-0.25, -0.2) is 4.39 Å². The number of nitrogens with one attached hydrogen (secondary N) is 1. The second kappa shape index (κ2) is 5.17. The minimum absolute atomic E-state index is 0.402. The highest BCUT2D eigenvalue weighted by Gasteiger charge is 2.36. The van der Waals surface area contributed by atoms with Crippen molar-refractivity contribution < 1.29 is 4.39 Å². The Balaban J connectivity index is 2.26. The van der Waals surface area contributed by atoms with Crippen LogP contribution in [0.4, 0.5) is 4.39 Å². The summed E-state index contributed by atoms with van der Waals surface area (Å²) in [7, 11) is 0. The van der Waals surface area contributed by atoms with Crippen molar-refractivity contribution in [3.63, 3.8) is 0 Å². The normalized spacial score (nSPS) is 19.8. The van der Waals surface area contributed by atoms with Gasteiger partial charge in [0, 0.05) is 16.2 Å². The molecule has 0 aliphatic carbocycles. The lowest BCUT2D eigenvalue weighted by molar-refractivity contribution is 0.215. The summed E-state index contributed by atoms with van der Waals surface area (Å²) in [4.78, 5) is 1.26. The summed E-state index contributed by atoms with van der Waals surface area (Å²) in [5.74, 6) is 1.09. The van der Waals surface area contributed by atoms with E-state index < -0.39 is 11.2 Å². The van der Waals surface area contributed by atoms with Crippen molar-refractivity contribution in [1.82, 2.24) is 5.32 Å². The first kappa shape index (κ1) is 13.2. The minimum atomic E-state index is -1.84. The van der Waals surface area contributed by atoms with Crippen LogP contribution < -0.4 is 5.32 Å². The topological polar surface area (TPSA) is 12.0 Å². The van der Waals surface area contributed by atoms with E-state index in [1.807, 2.05) is 30.8 Å². The van der Waals surface area contributed by atoms with Gasteiger partial charge in [-0.05, 0) is 31.5 Å². The van der Waals surface area contributed by atoms with E-state index >= 15 is 0 Å². The monoisotopic (exact) mass is 273 g/mol. The lowest BCUT2D eigenvalue weighted by Gasteiger charge is -2.26. The van der Waals surface area contributed by atoms with Crippen LogP contribution in [0.15, 0.2) is 23.1 Å². The fraction of sp³-hybridized carbons (Fsp3) is 0.538. The molecule has 4 heteroatoms. The molecule has 0 spiro atoms. The Kier molecular flexibility index (Phi) is 4.01. The highest BCUT2D eigenvalue weighted by Crippen LogP contribution is 2.39. The first-order valence-corrected chi connectivity index (χ1v) is 7.29. The third kappa shape index (κ3) is 2.61. The number of halogens is 2. The first-order chi connectivity index (χ1) is 8.05. The maximum Gasteiger partial charge on any atom is 0.223 e. The molecule has 17 heavy (non-hydrogen) atoms. The molecule has 0 saturated carbocycles. The van der Waals surface area contributed by atoms with Gasteiger partial charge in [0.15, 0.2) is 0 Å². The van der Waals surface area contributed by atoms with Crippen LogP contribution in [0.5, 0.6) is 0 Å². The number of benzene rings is 1. The van der Waals surface area contributed by atoms with Gasteiger partial charge in [0.25, 0.3) is 0 Å². The predicted octanol–water partition coefficient (Wildman–Crippen LogP) is 3.69. The highest BCUT2D eigenvalue weighted by atomic mass is 35.5. The van der Waals surface area contributed by atoms with Crippen LogP contribution in [0.3, 0.4) is 0 Å². The Hall–Kier alpha value is -0.250. The fourth-order valence-electron chi connectivity index (χ4n) is 2.08. The van der Waals surface area contributed by atoms with Crippen molar-refractivity contribution in [2.24, 2.45) is 0 Å². The molecule has 0 saturated heterocycles. The number of hydrogen-bond acceptors (Lipinski definition) is 2. The van der Waals surface area contributed by atoms with E-state index in [1.165, 1.54) is 10.5 Å². The van der Waals surface area contributed by atoms with Gasteiger partial charge < -0.3 is 5.32 Å². The quantitative estimate of drug-likeness (QED) is 0.840. The van der Waals surface area contributed by atoms with Gasteiger partial charge in [0.1, 0.15) is 0 Å². The summed E-state index contributed by atoms with van der Waals surface area (Å²) in [5.41, 5.74) is 1.78. The van der Waals surface area contributed by atoms with E-state index in [0.717, 1.165) is 12.2 Å². The number of fused-ring (bicyclic) bond motifs is 1. The zero-order chi connectivity index (χ0) is 12.5. The molecule has 0 bridgehead atoms. The third-order valence-electron chi connectivity index (χ3n) is 3.13. The second-order valence-electron chi connectivity index (χ2n) is 4.32. The fourth-order valence-corrected chi connectivity index (χ4v) is 3.33. The summed E-state index contributed by atoms with van der Waals surface area (Å²) in [6.07, 6.45) is 1.01. The SMILES string of the molecule is CCNC(C)C(F)(Cl)c1ccc2c(c1)CCS2. The molecule has 1 aliphatic rings. The lowest BCUT2D eigenvalue weighted by Crippen LogP contribution is -2.39. The maximum absolute atomic E-state index is 14.6. The van der Waals surface area contributed by atoms with E-state index in [0.29, 0.717) is 12.1 Å². The van der Waals surface area contributed by atoms with E-state index in [1.54, 1.807) is 13.0 Å². The summed E-state index contributed by atoms with van der Waals surface area (Å²) >= 11 is 7.88. The van der Waals surface area contributed by atoms with Gasteiger partial charge in [-0.1, -0.05) is 30.7 Å². The van der Waals surface area contributed by atoms with Gasteiger partial charge in [-0.2, -0.15) is 0 Å². The van der Waals surface area contributed by atoms with Gasteiger partial charge in [-0.15, -0.1) is 11.8 Å².